The van der Waals surface area contributed by atoms with Gasteiger partial charge in [0.15, 0.2) is 5.60 Å². The normalized spacial score (nSPS) is 24.5. The number of likely N-dealkylation sites (tertiary alicyclic amines) is 1. The van der Waals surface area contributed by atoms with E-state index in [4.69, 9.17) is 9.47 Å². The van der Waals surface area contributed by atoms with E-state index in [1.165, 1.54) is 36.2 Å². The summed E-state index contributed by atoms with van der Waals surface area (Å²) in [4.78, 5) is 55.5. The van der Waals surface area contributed by atoms with Crippen LogP contribution in [0.4, 0.5) is 21.2 Å². The molecule has 3 aliphatic rings. The first-order valence-corrected chi connectivity index (χ1v) is 19.7. The van der Waals surface area contributed by atoms with Crippen LogP contribution in [0.25, 0.3) is 0 Å². The third-order valence-electron chi connectivity index (χ3n) is 10.3. The number of nitro groups is 1. The highest BCUT2D eigenvalue weighted by atomic mass is 28.4. The highest BCUT2D eigenvalue weighted by molar-refractivity contribution is 6.72. The first-order chi connectivity index (χ1) is 23.8. The maximum Gasteiger partial charge on any atom is 0.269 e. The van der Waals surface area contributed by atoms with E-state index in [0.717, 1.165) is 6.42 Å². The largest absolute Gasteiger partial charge is 0.497 e. The molecule has 3 amide bonds. The summed E-state index contributed by atoms with van der Waals surface area (Å²) >= 11 is 0. The fraction of sp³-hybridized carbons (Fsp3) is 0.417. The number of aliphatic hydroxyl groups excluding tert-OH is 1. The van der Waals surface area contributed by atoms with E-state index in [2.05, 4.69) is 5.32 Å². The van der Waals surface area contributed by atoms with Gasteiger partial charge in [0.05, 0.1) is 49.4 Å². The van der Waals surface area contributed by atoms with E-state index in [1.54, 1.807) is 67.5 Å². The van der Waals surface area contributed by atoms with Crippen molar-refractivity contribution in [3.8, 4) is 5.75 Å². The van der Waals surface area contributed by atoms with Crippen LogP contribution in [0.1, 0.15) is 47.7 Å². The number of aliphatic hydroxyl groups is 1. The van der Waals surface area contributed by atoms with Crippen LogP contribution >= 0.6 is 0 Å². The lowest BCUT2D eigenvalue weighted by molar-refractivity contribution is -0.385. The molecular formula is C36H41FN4O8Si. The minimum Gasteiger partial charge on any atom is -0.497 e. The maximum absolute atomic E-state index is 16.3. The molecule has 6 rings (SSSR count). The van der Waals surface area contributed by atoms with Crippen molar-refractivity contribution in [1.82, 2.24) is 4.90 Å². The third kappa shape index (κ3) is 6.27. The van der Waals surface area contributed by atoms with E-state index in [1.807, 2.05) is 0 Å². The number of hydrogen-bond acceptors (Lipinski definition) is 8. The van der Waals surface area contributed by atoms with Crippen molar-refractivity contribution in [2.24, 2.45) is 5.92 Å². The number of benzene rings is 3. The van der Waals surface area contributed by atoms with Crippen molar-refractivity contribution in [1.29, 1.82) is 0 Å². The molecule has 5 atom stereocenters. The summed E-state index contributed by atoms with van der Waals surface area (Å²) in [6.07, 6.45) is 0.292. The first kappa shape index (κ1) is 35.2. The van der Waals surface area contributed by atoms with E-state index in [-0.39, 0.29) is 48.7 Å². The Morgan fingerprint density at radius 1 is 1.14 bits per heavy atom. The molecular weight excluding hydrogens is 664 g/mol. The molecule has 2 N–H and O–H groups in total. The number of hydrogen-bond donors (Lipinski definition) is 2. The summed E-state index contributed by atoms with van der Waals surface area (Å²) in [5.41, 5.74) is -0.373. The molecule has 3 aliphatic heterocycles. The van der Waals surface area contributed by atoms with Gasteiger partial charge in [0.2, 0.25) is 14.3 Å². The number of carbonyl (C=O) groups is 3. The zero-order valence-corrected chi connectivity index (χ0v) is 29.4. The average Bonchev–Trinajstić information content (AvgIpc) is 3.75. The summed E-state index contributed by atoms with van der Waals surface area (Å²) in [5.74, 6) is -1.18. The van der Waals surface area contributed by atoms with Crippen LogP contribution in [-0.2, 0) is 26.5 Å². The zero-order valence-electron chi connectivity index (χ0n) is 28.4. The topological polar surface area (TPSA) is 152 Å². The number of halogens is 1. The molecule has 50 heavy (non-hydrogen) atoms. The number of carbonyl (C=O) groups excluding carboxylic acids is 3. The second-order valence-corrected chi connectivity index (χ2v) is 17.6. The van der Waals surface area contributed by atoms with Gasteiger partial charge in [-0.1, -0.05) is 19.1 Å². The minimum atomic E-state index is -3.60. The number of rotatable bonds is 10. The Balaban J connectivity index is 1.29. The summed E-state index contributed by atoms with van der Waals surface area (Å²) < 4.78 is 28.0. The van der Waals surface area contributed by atoms with Gasteiger partial charge in [0.25, 0.3) is 17.5 Å². The fourth-order valence-electron chi connectivity index (χ4n) is 7.97. The van der Waals surface area contributed by atoms with Gasteiger partial charge in [-0.3, -0.25) is 24.5 Å². The van der Waals surface area contributed by atoms with Gasteiger partial charge in [-0.25, -0.2) is 0 Å². The van der Waals surface area contributed by atoms with E-state index in [9.17, 15) is 29.6 Å². The molecule has 264 valence electrons. The monoisotopic (exact) mass is 704 g/mol. The number of nitrogens with one attached hydrogen (secondary N) is 1. The maximum atomic E-state index is 16.3. The molecule has 3 aromatic rings. The molecule has 2 saturated heterocycles. The molecule has 0 bridgehead atoms. The Kier molecular flexibility index (Phi) is 9.55. The molecule has 0 unspecified atom stereocenters. The molecule has 0 radical (unpaired) electrons. The molecule has 0 saturated carbocycles. The van der Waals surface area contributed by atoms with Gasteiger partial charge in [0, 0.05) is 47.0 Å². The SMILES string of the molecule is COc1ccc(C(=O)Nc2ccc(CN3C(=O)[C@@]4(O[C@@H](CC(=O)N5CCC[C@H]5CO)[C@H]([Si](C)(C)F)[C@H]4C)c4cc([N+](=O)[O-])ccc43)cc2)cc1. The van der Waals surface area contributed by atoms with Gasteiger partial charge in [0.1, 0.15) is 5.75 Å². The van der Waals surface area contributed by atoms with Crippen molar-refractivity contribution in [3.63, 3.8) is 0 Å². The van der Waals surface area contributed by atoms with Crippen LogP contribution in [0.3, 0.4) is 0 Å². The van der Waals surface area contributed by atoms with Crippen molar-refractivity contribution in [2.75, 3.05) is 30.5 Å². The molecule has 2 fully saturated rings. The molecule has 3 aromatic carbocycles. The number of non-ortho nitro benzene ring substituents is 1. The second-order valence-electron chi connectivity index (χ2n) is 13.8. The van der Waals surface area contributed by atoms with E-state index in [0.29, 0.717) is 41.2 Å². The predicted molar refractivity (Wildman–Crippen MR) is 186 cm³/mol. The lowest BCUT2D eigenvalue weighted by Crippen LogP contribution is -2.45. The fourth-order valence-corrected chi connectivity index (χ4v) is 10.5. The molecule has 1 spiro atoms. The van der Waals surface area contributed by atoms with Gasteiger partial charge < -0.3 is 33.8 Å². The van der Waals surface area contributed by atoms with Crippen LogP contribution in [-0.4, -0.2) is 73.5 Å². The quantitative estimate of drug-likeness (QED) is 0.121. The molecule has 12 nitrogen and oxygen atoms in total. The van der Waals surface area contributed by atoms with Gasteiger partial charge in [-0.05, 0) is 74.0 Å². The van der Waals surface area contributed by atoms with Crippen LogP contribution in [0.2, 0.25) is 18.6 Å². The number of methoxy groups -OCH3 is 1. The Bertz CT molecular complexity index is 1800. The smallest absolute Gasteiger partial charge is 0.269 e. The standard InChI is InChI=1S/C36H41FN4O8Si/c1-22-33(50(3,4)37)31(19-32(43)39-17-5-6-27(39)21-42)49-36(22)29-18-26(41(46)47)13-16-30(29)40(35(36)45)20-23-7-11-25(12-8-23)38-34(44)24-9-14-28(48-2)15-10-24/h7-16,18,22,27,31,33,42H,5-6,17,19-21H2,1-4H3,(H,38,44)/t22-,27+,31+,33-,36+/m1/s1. The number of ether oxygens (including phenoxy) is 2. The number of anilines is 2. The summed E-state index contributed by atoms with van der Waals surface area (Å²) in [5, 5.41) is 24.6. The first-order valence-electron chi connectivity index (χ1n) is 16.7. The number of amides is 3. The highest BCUT2D eigenvalue weighted by Gasteiger charge is 2.67. The zero-order chi connectivity index (χ0) is 36.0. The van der Waals surface area contributed by atoms with Gasteiger partial charge in [-0.15, -0.1) is 0 Å². The van der Waals surface area contributed by atoms with Gasteiger partial charge >= 0.3 is 0 Å². The Morgan fingerprint density at radius 2 is 1.84 bits per heavy atom. The van der Waals surface area contributed by atoms with E-state index >= 15 is 4.11 Å². The Hall–Kier alpha value is -4.66. The molecule has 0 aromatic heterocycles. The lowest BCUT2D eigenvalue weighted by Gasteiger charge is -2.31. The van der Waals surface area contributed by atoms with Crippen LogP contribution in [0, 0.1) is 16.0 Å². The Morgan fingerprint density at radius 3 is 2.46 bits per heavy atom. The second kappa shape index (κ2) is 13.6. The third-order valence-corrected chi connectivity index (χ3v) is 12.8. The van der Waals surface area contributed by atoms with E-state index < -0.39 is 42.4 Å². The summed E-state index contributed by atoms with van der Waals surface area (Å²) in [7, 11) is -2.05. The van der Waals surface area contributed by atoms with Crippen molar-refractivity contribution < 1.29 is 38.0 Å². The van der Waals surface area contributed by atoms with Crippen LogP contribution in [0.5, 0.6) is 5.75 Å². The lowest BCUT2D eigenvalue weighted by atomic mass is 9.82. The molecule has 14 heteroatoms. The molecule has 0 aliphatic carbocycles. The summed E-state index contributed by atoms with van der Waals surface area (Å²) in [6.45, 7) is 5.17. The van der Waals surface area contributed by atoms with Crippen molar-refractivity contribution >= 4 is 43.2 Å². The van der Waals surface area contributed by atoms with Crippen LogP contribution < -0.4 is 15.0 Å². The molecule has 3 heterocycles. The minimum absolute atomic E-state index is 0.0743. The predicted octanol–water partition coefficient (Wildman–Crippen LogP) is 5.55. The van der Waals surface area contributed by atoms with Crippen LogP contribution in [0.15, 0.2) is 66.7 Å². The summed E-state index contributed by atoms with van der Waals surface area (Å²) in [6, 6.07) is 17.5. The van der Waals surface area contributed by atoms with Crippen molar-refractivity contribution in [3.05, 3.63) is 93.5 Å². The number of nitro benzene ring substituents is 1. The highest BCUT2D eigenvalue weighted by Crippen LogP contribution is 2.60. The number of nitrogens with zero attached hydrogens (tertiary/aromatic N) is 3. The average molecular weight is 705 g/mol. The Labute approximate surface area is 290 Å². The van der Waals surface area contributed by atoms with Gasteiger partial charge in [-0.2, -0.15) is 0 Å². The van der Waals surface area contributed by atoms with Crippen molar-refractivity contribution in [2.45, 2.75) is 69.1 Å². The number of fused-ring (bicyclic) bond motifs is 2.